The van der Waals surface area contributed by atoms with E-state index in [1.807, 2.05) is 19.2 Å². The van der Waals surface area contributed by atoms with E-state index in [4.69, 9.17) is 4.74 Å². The van der Waals surface area contributed by atoms with Gasteiger partial charge in [-0.1, -0.05) is 30.3 Å². The lowest BCUT2D eigenvalue weighted by molar-refractivity contribution is 0.406. The van der Waals surface area contributed by atoms with E-state index < -0.39 is 0 Å². The summed E-state index contributed by atoms with van der Waals surface area (Å²) in [6.45, 7) is 6.97. The molecule has 0 saturated carbocycles. The number of methoxy groups -OCH3 is 1. The van der Waals surface area contributed by atoms with Crippen LogP contribution in [0.4, 0.5) is 0 Å². The van der Waals surface area contributed by atoms with Gasteiger partial charge in [-0.05, 0) is 26.3 Å². The normalized spacial score (nSPS) is 12.2. The maximum absolute atomic E-state index is 5.44. The summed E-state index contributed by atoms with van der Waals surface area (Å²) in [7, 11) is 1.71. The third kappa shape index (κ3) is 3.17. The summed E-state index contributed by atoms with van der Waals surface area (Å²) in [4.78, 5) is 4.51. The van der Waals surface area contributed by atoms with Crippen LogP contribution in [0.1, 0.15) is 35.3 Å². The molecule has 1 atom stereocenters. The lowest BCUT2D eigenvalue weighted by Crippen LogP contribution is -2.19. The zero-order valence-electron chi connectivity index (χ0n) is 12.6. The van der Waals surface area contributed by atoms with Crippen LogP contribution in [-0.2, 0) is 6.54 Å². The van der Waals surface area contributed by atoms with Gasteiger partial charge in [-0.3, -0.25) is 4.98 Å². The minimum Gasteiger partial charge on any atom is -0.496 e. The first-order valence-electron chi connectivity index (χ1n) is 6.91. The fraction of sp³-hybridized carbons (Fsp3) is 0.353. The van der Waals surface area contributed by atoms with Crippen LogP contribution >= 0.6 is 0 Å². The zero-order chi connectivity index (χ0) is 14.5. The number of nitrogens with one attached hydrogen (secondary N) is 1. The molecule has 2 rings (SSSR count). The summed E-state index contributed by atoms with van der Waals surface area (Å²) in [6, 6.07) is 10.7. The molecule has 3 nitrogen and oxygen atoms in total. The van der Waals surface area contributed by atoms with E-state index in [0.29, 0.717) is 6.04 Å². The largest absolute Gasteiger partial charge is 0.496 e. The topological polar surface area (TPSA) is 34.1 Å². The van der Waals surface area contributed by atoms with Crippen LogP contribution in [0.15, 0.2) is 36.5 Å². The molecule has 0 aliphatic carbocycles. The Balaban J connectivity index is 2.08. The standard InChI is InChI=1S/C17H22N2O/c1-12-10-19-16(13(2)17(12)20-4)11-18-14(3)15-8-6-5-7-9-15/h5-10,14,18H,11H2,1-4H3/t14-/m0/s1. The highest BCUT2D eigenvalue weighted by atomic mass is 16.5. The van der Waals surface area contributed by atoms with Gasteiger partial charge in [0.15, 0.2) is 0 Å². The number of aromatic nitrogens is 1. The van der Waals surface area contributed by atoms with Crippen LogP contribution in [-0.4, -0.2) is 12.1 Å². The highest BCUT2D eigenvalue weighted by Crippen LogP contribution is 2.24. The average molecular weight is 270 g/mol. The van der Waals surface area contributed by atoms with Crippen LogP contribution in [0.2, 0.25) is 0 Å². The molecule has 0 bridgehead atoms. The van der Waals surface area contributed by atoms with Crippen molar-refractivity contribution >= 4 is 0 Å². The number of ether oxygens (including phenoxy) is 1. The second-order valence-corrected chi connectivity index (χ2v) is 5.06. The van der Waals surface area contributed by atoms with Gasteiger partial charge < -0.3 is 10.1 Å². The summed E-state index contributed by atoms with van der Waals surface area (Å²) in [5.74, 6) is 0.934. The van der Waals surface area contributed by atoms with Crippen molar-refractivity contribution < 1.29 is 4.74 Å². The Morgan fingerprint density at radius 2 is 1.90 bits per heavy atom. The molecule has 0 spiro atoms. The second kappa shape index (κ2) is 6.53. The molecular weight excluding hydrogens is 248 g/mol. The smallest absolute Gasteiger partial charge is 0.128 e. The Bertz CT molecular complexity index is 567. The predicted octanol–water partition coefficient (Wildman–Crippen LogP) is 3.56. The van der Waals surface area contributed by atoms with E-state index in [1.165, 1.54) is 5.56 Å². The fourth-order valence-electron chi connectivity index (χ4n) is 2.36. The molecule has 0 saturated heterocycles. The molecule has 1 aromatic heterocycles. The molecule has 0 fully saturated rings. The number of hydrogen-bond acceptors (Lipinski definition) is 3. The summed E-state index contributed by atoms with van der Waals surface area (Å²) >= 11 is 0. The number of rotatable bonds is 5. The van der Waals surface area contributed by atoms with Crippen molar-refractivity contribution in [1.82, 2.24) is 10.3 Å². The van der Waals surface area contributed by atoms with Gasteiger partial charge in [0.2, 0.25) is 0 Å². The molecule has 106 valence electrons. The van der Waals surface area contributed by atoms with Crippen LogP contribution in [0.25, 0.3) is 0 Å². The summed E-state index contributed by atoms with van der Waals surface area (Å²) in [6.07, 6.45) is 1.87. The van der Waals surface area contributed by atoms with Gasteiger partial charge in [0, 0.05) is 29.9 Å². The van der Waals surface area contributed by atoms with Crippen molar-refractivity contribution in [2.45, 2.75) is 33.4 Å². The van der Waals surface area contributed by atoms with Gasteiger partial charge in [-0.25, -0.2) is 0 Å². The van der Waals surface area contributed by atoms with Gasteiger partial charge in [0.25, 0.3) is 0 Å². The molecule has 1 heterocycles. The Kier molecular flexibility index (Phi) is 4.74. The molecule has 0 unspecified atom stereocenters. The first-order valence-corrected chi connectivity index (χ1v) is 6.91. The summed E-state index contributed by atoms with van der Waals surface area (Å²) in [5, 5.41) is 3.51. The van der Waals surface area contributed by atoms with Gasteiger partial charge in [0.05, 0.1) is 12.8 Å². The van der Waals surface area contributed by atoms with Crippen molar-refractivity contribution in [2.24, 2.45) is 0 Å². The number of pyridine rings is 1. The third-order valence-corrected chi connectivity index (χ3v) is 3.63. The first kappa shape index (κ1) is 14.5. The van der Waals surface area contributed by atoms with E-state index in [0.717, 1.165) is 29.1 Å². The number of hydrogen-bond donors (Lipinski definition) is 1. The predicted molar refractivity (Wildman–Crippen MR) is 82.0 cm³/mol. The number of nitrogens with zero attached hydrogens (tertiary/aromatic N) is 1. The summed E-state index contributed by atoms with van der Waals surface area (Å²) in [5.41, 5.74) is 4.50. The van der Waals surface area contributed by atoms with Crippen molar-refractivity contribution in [3.05, 3.63) is 58.9 Å². The maximum atomic E-state index is 5.44. The van der Waals surface area contributed by atoms with Crippen LogP contribution < -0.4 is 10.1 Å². The first-order chi connectivity index (χ1) is 9.63. The quantitative estimate of drug-likeness (QED) is 0.902. The van der Waals surface area contributed by atoms with Gasteiger partial charge >= 0.3 is 0 Å². The Morgan fingerprint density at radius 3 is 2.55 bits per heavy atom. The number of benzene rings is 1. The van der Waals surface area contributed by atoms with Gasteiger partial charge in [-0.15, -0.1) is 0 Å². The lowest BCUT2D eigenvalue weighted by atomic mass is 10.1. The minimum atomic E-state index is 0.296. The Hall–Kier alpha value is -1.87. The summed E-state index contributed by atoms with van der Waals surface area (Å²) < 4.78 is 5.44. The van der Waals surface area contributed by atoms with E-state index in [2.05, 4.69) is 48.4 Å². The molecule has 2 aromatic rings. The highest BCUT2D eigenvalue weighted by molar-refractivity contribution is 5.41. The monoisotopic (exact) mass is 270 g/mol. The van der Waals surface area contributed by atoms with Crippen molar-refractivity contribution in [3.63, 3.8) is 0 Å². The minimum absolute atomic E-state index is 0.296. The zero-order valence-corrected chi connectivity index (χ0v) is 12.6. The molecule has 0 aliphatic rings. The fourth-order valence-corrected chi connectivity index (χ4v) is 2.36. The van der Waals surface area contributed by atoms with Crippen LogP contribution in [0, 0.1) is 13.8 Å². The van der Waals surface area contributed by atoms with Gasteiger partial charge in [-0.2, -0.15) is 0 Å². The highest BCUT2D eigenvalue weighted by Gasteiger charge is 2.11. The molecule has 20 heavy (non-hydrogen) atoms. The van der Waals surface area contributed by atoms with Gasteiger partial charge in [0.1, 0.15) is 5.75 Å². The lowest BCUT2D eigenvalue weighted by Gasteiger charge is -2.16. The molecule has 0 aliphatic heterocycles. The second-order valence-electron chi connectivity index (χ2n) is 5.06. The Labute approximate surface area is 121 Å². The molecule has 3 heteroatoms. The van der Waals surface area contributed by atoms with E-state index in [-0.39, 0.29) is 0 Å². The Morgan fingerprint density at radius 1 is 1.20 bits per heavy atom. The SMILES string of the molecule is COc1c(C)cnc(CN[C@@H](C)c2ccccc2)c1C. The van der Waals surface area contributed by atoms with Crippen molar-refractivity contribution in [3.8, 4) is 5.75 Å². The molecule has 0 radical (unpaired) electrons. The molecule has 0 amide bonds. The number of aryl methyl sites for hydroxylation is 1. The molecule has 1 N–H and O–H groups in total. The third-order valence-electron chi connectivity index (χ3n) is 3.63. The van der Waals surface area contributed by atoms with Crippen molar-refractivity contribution in [1.29, 1.82) is 0 Å². The van der Waals surface area contributed by atoms with Crippen LogP contribution in [0.3, 0.4) is 0 Å². The molecule has 1 aromatic carbocycles. The maximum Gasteiger partial charge on any atom is 0.128 e. The van der Waals surface area contributed by atoms with E-state index in [9.17, 15) is 0 Å². The van der Waals surface area contributed by atoms with Crippen LogP contribution in [0.5, 0.6) is 5.75 Å². The molecular formula is C17H22N2O. The van der Waals surface area contributed by atoms with E-state index in [1.54, 1.807) is 7.11 Å². The van der Waals surface area contributed by atoms with E-state index >= 15 is 0 Å². The average Bonchev–Trinajstić information content (AvgIpc) is 2.47. The van der Waals surface area contributed by atoms with Crippen molar-refractivity contribution in [2.75, 3.05) is 7.11 Å².